The van der Waals surface area contributed by atoms with Crippen LogP contribution in [0.2, 0.25) is 0 Å². The largest absolute Gasteiger partial charge is 0.314 e. The molecular formula is C19H37N3. The SMILES string of the molecule is CC(C)=CCC/C(C)=C\CCC(C)NCCN1CCNCC1. The van der Waals surface area contributed by atoms with E-state index in [1.54, 1.807) is 0 Å². The molecule has 0 bridgehead atoms. The molecule has 0 aromatic carbocycles. The zero-order chi connectivity index (χ0) is 16.2. The van der Waals surface area contributed by atoms with Crippen LogP contribution in [0.4, 0.5) is 0 Å². The van der Waals surface area contributed by atoms with Gasteiger partial charge in [-0.2, -0.15) is 0 Å². The molecule has 3 heteroatoms. The summed E-state index contributed by atoms with van der Waals surface area (Å²) in [6, 6.07) is 0.616. The Labute approximate surface area is 138 Å². The predicted octanol–water partition coefficient (Wildman–Crippen LogP) is 3.34. The van der Waals surface area contributed by atoms with E-state index in [2.05, 4.69) is 55.4 Å². The third-order valence-electron chi connectivity index (χ3n) is 4.31. The van der Waals surface area contributed by atoms with Crippen molar-refractivity contribution in [2.75, 3.05) is 39.3 Å². The summed E-state index contributed by atoms with van der Waals surface area (Å²) in [7, 11) is 0. The smallest absolute Gasteiger partial charge is 0.0108 e. The van der Waals surface area contributed by atoms with Crippen LogP contribution in [0.3, 0.4) is 0 Å². The summed E-state index contributed by atoms with van der Waals surface area (Å²) in [6.45, 7) is 15.9. The predicted molar refractivity (Wildman–Crippen MR) is 98.4 cm³/mol. The number of rotatable bonds is 10. The van der Waals surface area contributed by atoms with Gasteiger partial charge in [0.05, 0.1) is 0 Å². The molecule has 1 atom stereocenters. The van der Waals surface area contributed by atoms with Gasteiger partial charge in [-0.3, -0.25) is 4.90 Å². The van der Waals surface area contributed by atoms with Crippen LogP contribution in [-0.2, 0) is 0 Å². The van der Waals surface area contributed by atoms with Crippen molar-refractivity contribution < 1.29 is 0 Å². The first-order chi connectivity index (χ1) is 10.6. The topological polar surface area (TPSA) is 27.3 Å². The van der Waals surface area contributed by atoms with E-state index in [1.807, 2.05) is 0 Å². The highest BCUT2D eigenvalue weighted by Crippen LogP contribution is 2.09. The standard InChI is InChI=1S/C19H37N3/c1-17(2)7-5-8-18(3)9-6-10-19(4)21-13-16-22-14-11-20-12-15-22/h7,9,19-21H,5-6,8,10-16H2,1-4H3/b18-9-. The summed E-state index contributed by atoms with van der Waals surface area (Å²) in [4.78, 5) is 2.55. The molecule has 0 amide bonds. The fourth-order valence-electron chi connectivity index (χ4n) is 2.78. The van der Waals surface area contributed by atoms with E-state index in [-0.39, 0.29) is 0 Å². The van der Waals surface area contributed by atoms with Gasteiger partial charge >= 0.3 is 0 Å². The van der Waals surface area contributed by atoms with Crippen molar-refractivity contribution in [3.05, 3.63) is 23.3 Å². The first-order valence-electron chi connectivity index (χ1n) is 9.03. The summed E-state index contributed by atoms with van der Waals surface area (Å²) < 4.78 is 0. The maximum absolute atomic E-state index is 3.66. The van der Waals surface area contributed by atoms with E-state index in [0.29, 0.717) is 6.04 Å². The van der Waals surface area contributed by atoms with Gasteiger partial charge in [-0.15, -0.1) is 0 Å². The van der Waals surface area contributed by atoms with Crippen molar-refractivity contribution in [1.29, 1.82) is 0 Å². The van der Waals surface area contributed by atoms with Crippen LogP contribution in [0.1, 0.15) is 53.4 Å². The molecule has 1 aliphatic heterocycles. The van der Waals surface area contributed by atoms with Crippen molar-refractivity contribution in [1.82, 2.24) is 15.5 Å². The molecule has 1 unspecified atom stereocenters. The molecular weight excluding hydrogens is 270 g/mol. The number of hydrogen-bond acceptors (Lipinski definition) is 3. The number of nitrogens with one attached hydrogen (secondary N) is 2. The van der Waals surface area contributed by atoms with E-state index in [1.165, 1.54) is 56.5 Å². The lowest BCUT2D eigenvalue weighted by Crippen LogP contribution is -2.46. The number of hydrogen-bond donors (Lipinski definition) is 2. The summed E-state index contributed by atoms with van der Waals surface area (Å²) in [6.07, 6.45) is 9.58. The molecule has 1 heterocycles. The Morgan fingerprint density at radius 3 is 2.55 bits per heavy atom. The summed E-state index contributed by atoms with van der Waals surface area (Å²) in [5.41, 5.74) is 2.96. The van der Waals surface area contributed by atoms with Gasteiger partial charge in [0.25, 0.3) is 0 Å². The van der Waals surface area contributed by atoms with E-state index >= 15 is 0 Å². The Morgan fingerprint density at radius 1 is 1.14 bits per heavy atom. The number of nitrogens with zero attached hydrogens (tertiary/aromatic N) is 1. The maximum atomic E-state index is 3.66. The van der Waals surface area contributed by atoms with E-state index in [9.17, 15) is 0 Å². The van der Waals surface area contributed by atoms with Crippen molar-refractivity contribution in [2.45, 2.75) is 59.4 Å². The highest BCUT2D eigenvalue weighted by molar-refractivity contribution is 5.02. The fraction of sp³-hybridized carbons (Fsp3) is 0.789. The van der Waals surface area contributed by atoms with Gasteiger partial charge in [0.15, 0.2) is 0 Å². The van der Waals surface area contributed by atoms with Crippen LogP contribution < -0.4 is 10.6 Å². The molecule has 0 radical (unpaired) electrons. The Hall–Kier alpha value is -0.640. The normalized spacial score (nSPS) is 18.3. The van der Waals surface area contributed by atoms with Gasteiger partial charge in [0, 0.05) is 45.3 Å². The molecule has 0 saturated carbocycles. The second kappa shape index (κ2) is 11.9. The summed E-state index contributed by atoms with van der Waals surface area (Å²) >= 11 is 0. The molecule has 1 rings (SSSR count). The zero-order valence-electron chi connectivity index (χ0n) is 15.3. The van der Waals surface area contributed by atoms with Crippen LogP contribution in [-0.4, -0.2) is 50.2 Å². The van der Waals surface area contributed by atoms with E-state index < -0.39 is 0 Å². The lowest BCUT2D eigenvalue weighted by Gasteiger charge is -2.27. The highest BCUT2D eigenvalue weighted by Gasteiger charge is 2.09. The number of piperazine rings is 1. The lowest BCUT2D eigenvalue weighted by molar-refractivity contribution is 0.238. The molecule has 22 heavy (non-hydrogen) atoms. The summed E-state index contributed by atoms with van der Waals surface area (Å²) in [5.74, 6) is 0. The molecule has 0 aromatic heterocycles. The van der Waals surface area contributed by atoms with Crippen molar-refractivity contribution in [3.8, 4) is 0 Å². The van der Waals surface area contributed by atoms with Gasteiger partial charge in [-0.25, -0.2) is 0 Å². The Balaban J connectivity index is 2.04. The Bertz CT molecular complexity index is 337. The molecule has 0 aliphatic carbocycles. The minimum Gasteiger partial charge on any atom is -0.314 e. The van der Waals surface area contributed by atoms with Crippen LogP contribution >= 0.6 is 0 Å². The van der Waals surface area contributed by atoms with E-state index in [0.717, 1.165) is 19.6 Å². The minimum absolute atomic E-state index is 0.616. The van der Waals surface area contributed by atoms with Crippen molar-refractivity contribution in [2.24, 2.45) is 0 Å². The van der Waals surface area contributed by atoms with Crippen LogP contribution in [0.15, 0.2) is 23.3 Å². The third-order valence-corrected chi connectivity index (χ3v) is 4.31. The second-order valence-electron chi connectivity index (χ2n) is 6.89. The second-order valence-corrected chi connectivity index (χ2v) is 6.89. The molecule has 2 N–H and O–H groups in total. The van der Waals surface area contributed by atoms with Gasteiger partial charge in [-0.05, 0) is 53.4 Å². The first-order valence-corrected chi connectivity index (χ1v) is 9.03. The monoisotopic (exact) mass is 307 g/mol. The molecule has 0 aromatic rings. The average Bonchev–Trinajstić information content (AvgIpc) is 2.48. The van der Waals surface area contributed by atoms with Crippen LogP contribution in [0.5, 0.6) is 0 Å². The van der Waals surface area contributed by atoms with Crippen LogP contribution in [0, 0.1) is 0 Å². The fourth-order valence-corrected chi connectivity index (χ4v) is 2.78. The molecule has 1 saturated heterocycles. The zero-order valence-corrected chi connectivity index (χ0v) is 15.3. The Morgan fingerprint density at radius 2 is 1.86 bits per heavy atom. The van der Waals surface area contributed by atoms with Gasteiger partial charge in [-0.1, -0.05) is 23.3 Å². The van der Waals surface area contributed by atoms with E-state index in [4.69, 9.17) is 0 Å². The van der Waals surface area contributed by atoms with Crippen molar-refractivity contribution in [3.63, 3.8) is 0 Å². The molecule has 128 valence electrons. The van der Waals surface area contributed by atoms with Crippen molar-refractivity contribution >= 4 is 0 Å². The molecule has 0 spiro atoms. The number of allylic oxidation sites excluding steroid dienone is 4. The van der Waals surface area contributed by atoms with Gasteiger partial charge in [0.2, 0.25) is 0 Å². The third kappa shape index (κ3) is 10.1. The molecule has 1 aliphatic rings. The average molecular weight is 308 g/mol. The molecule has 3 nitrogen and oxygen atoms in total. The Kier molecular flexibility index (Phi) is 10.5. The quantitative estimate of drug-likeness (QED) is 0.606. The maximum Gasteiger partial charge on any atom is 0.0108 e. The van der Waals surface area contributed by atoms with Gasteiger partial charge in [0.1, 0.15) is 0 Å². The summed E-state index contributed by atoms with van der Waals surface area (Å²) in [5, 5.41) is 7.06. The van der Waals surface area contributed by atoms with Gasteiger partial charge < -0.3 is 10.6 Å². The van der Waals surface area contributed by atoms with Crippen LogP contribution in [0.25, 0.3) is 0 Å². The first kappa shape index (κ1) is 19.4. The molecule has 1 fully saturated rings. The minimum atomic E-state index is 0.616. The highest BCUT2D eigenvalue weighted by atomic mass is 15.2. The lowest BCUT2D eigenvalue weighted by atomic mass is 10.1.